The maximum absolute atomic E-state index is 13.2. The van der Waals surface area contributed by atoms with Crippen molar-refractivity contribution in [3.8, 4) is 0 Å². The predicted molar refractivity (Wildman–Crippen MR) is 81.0 cm³/mol. The molecule has 0 radical (unpaired) electrons. The van der Waals surface area contributed by atoms with Crippen LogP contribution in [-0.2, 0) is 15.4 Å². The number of halogens is 2. The highest BCUT2D eigenvalue weighted by Gasteiger charge is 2.17. The van der Waals surface area contributed by atoms with Gasteiger partial charge in [0, 0.05) is 11.0 Å². The first-order valence-corrected chi connectivity index (χ1v) is 8.47. The van der Waals surface area contributed by atoms with Gasteiger partial charge in [0.15, 0.2) is 0 Å². The number of alkyl halides is 1. The van der Waals surface area contributed by atoms with Gasteiger partial charge in [0.2, 0.25) is 0 Å². The Morgan fingerprint density at radius 1 is 1.15 bits per heavy atom. The Morgan fingerprint density at radius 2 is 1.80 bits per heavy atom. The minimum absolute atomic E-state index is 0.0536. The zero-order valence-corrected chi connectivity index (χ0v) is 13.1. The fourth-order valence-electron chi connectivity index (χ4n) is 1.74. The Labute approximate surface area is 126 Å². The van der Waals surface area contributed by atoms with Crippen molar-refractivity contribution < 1.29 is 12.8 Å². The summed E-state index contributed by atoms with van der Waals surface area (Å²) >= 11 is 3.32. The molecule has 0 aliphatic rings. The molecule has 0 aliphatic carbocycles. The molecule has 20 heavy (non-hydrogen) atoms. The number of sulfonamides is 1. The second-order valence-electron chi connectivity index (χ2n) is 4.35. The number of benzene rings is 2. The van der Waals surface area contributed by atoms with E-state index in [0.29, 0.717) is 16.6 Å². The molecular weight excluding hydrogens is 345 g/mol. The lowest BCUT2D eigenvalue weighted by Crippen LogP contribution is -2.14. The van der Waals surface area contributed by atoms with Gasteiger partial charge in [-0.1, -0.05) is 34.1 Å². The maximum atomic E-state index is 13.2. The molecule has 106 valence electrons. The van der Waals surface area contributed by atoms with E-state index in [1.165, 1.54) is 12.1 Å². The fraction of sp³-hybridized carbons (Fsp3) is 0.143. The van der Waals surface area contributed by atoms with Gasteiger partial charge in [0.25, 0.3) is 10.0 Å². The van der Waals surface area contributed by atoms with Crippen molar-refractivity contribution in [3.05, 3.63) is 59.4 Å². The normalized spacial score (nSPS) is 11.3. The second-order valence-corrected chi connectivity index (χ2v) is 6.56. The van der Waals surface area contributed by atoms with E-state index in [1.54, 1.807) is 19.1 Å². The van der Waals surface area contributed by atoms with E-state index in [2.05, 4.69) is 20.7 Å². The van der Waals surface area contributed by atoms with Crippen LogP contribution in [0.5, 0.6) is 0 Å². The van der Waals surface area contributed by atoms with Gasteiger partial charge in [0.05, 0.1) is 4.90 Å². The van der Waals surface area contributed by atoms with Gasteiger partial charge >= 0.3 is 0 Å². The SMILES string of the molecule is Cc1ccc(F)cc1S(=O)(=O)Nc1ccc(CBr)cc1. The topological polar surface area (TPSA) is 46.2 Å². The highest BCUT2D eigenvalue weighted by molar-refractivity contribution is 9.08. The van der Waals surface area contributed by atoms with E-state index in [-0.39, 0.29) is 4.90 Å². The molecule has 0 fully saturated rings. The summed E-state index contributed by atoms with van der Waals surface area (Å²) < 4.78 is 40.1. The Hall–Kier alpha value is -1.40. The van der Waals surface area contributed by atoms with E-state index in [1.807, 2.05) is 12.1 Å². The molecule has 1 N–H and O–H groups in total. The van der Waals surface area contributed by atoms with Crippen LogP contribution in [0, 0.1) is 12.7 Å². The Bertz CT molecular complexity index is 714. The average molecular weight is 358 g/mol. The Kier molecular flexibility index (Phi) is 4.45. The lowest BCUT2D eigenvalue weighted by atomic mass is 10.2. The van der Waals surface area contributed by atoms with Crippen molar-refractivity contribution in [2.45, 2.75) is 17.1 Å². The molecule has 0 spiro atoms. The molecular formula is C14H13BrFNO2S. The quantitative estimate of drug-likeness (QED) is 0.845. The first kappa shape index (κ1) is 15.0. The van der Waals surface area contributed by atoms with E-state index in [4.69, 9.17) is 0 Å². The summed E-state index contributed by atoms with van der Waals surface area (Å²) in [5.41, 5.74) is 1.98. The fourth-order valence-corrected chi connectivity index (χ4v) is 3.43. The average Bonchev–Trinajstić information content (AvgIpc) is 2.42. The molecule has 0 unspecified atom stereocenters. The first-order chi connectivity index (χ1) is 9.42. The Morgan fingerprint density at radius 3 is 2.40 bits per heavy atom. The summed E-state index contributed by atoms with van der Waals surface area (Å²) in [4.78, 5) is -0.0536. The van der Waals surface area contributed by atoms with Crippen LogP contribution in [0.15, 0.2) is 47.4 Å². The van der Waals surface area contributed by atoms with Crippen molar-refractivity contribution in [3.63, 3.8) is 0 Å². The smallest absolute Gasteiger partial charge is 0.262 e. The summed E-state index contributed by atoms with van der Waals surface area (Å²) in [7, 11) is -3.79. The second kappa shape index (κ2) is 5.93. The van der Waals surface area contributed by atoms with Crippen LogP contribution in [0.1, 0.15) is 11.1 Å². The molecule has 2 aromatic rings. The monoisotopic (exact) mass is 357 g/mol. The molecule has 3 nitrogen and oxygen atoms in total. The summed E-state index contributed by atoms with van der Waals surface area (Å²) in [6.07, 6.45) is 0. The minimum atomic E-state index is -3.79. The van der Waals surface area contributed by atoms with Crippen molar-refractivity contribution >= 4 is 31.6 Å². The molecule has 0 saturated heterocycles. The summed E-state index contributed by atoms with van der Waals surface area (Å²) in [5, 5.41) is 0.697. The third kappa shape index (κ3) is 3.37. The van der Waals surface area contributed by atoms with Crippen LogP contribution in [0.3, 0.4) is 0 Å². The van der Waals surface area contributed by atoms with Crippen LogP contribution in [-0.4, -0.2) is 8.42 Å². The maximum Gasteiger partial charge on any atom is 0.262 e. The summed E-state index contributed by atoms with van der Waals surface area (Å²) in [5.74, 6) is -0.578. The molecule has 2 aromatic carbocycles. The van der Waals surface area contributed by atoms with Gasteiger partial charge < -0.3 is 0 Å². The highest BCUT2D eigenvalue weighted by Crippen LogP contribution is 2.21. The minimum Gasteiger partial charge on any atom is -0.280 e. The largest absolute Gasteiger partial charge is 0.280 e. The van der Waals surface area contributed by atoms with Crippen molar-refractivity contribution in [1.82, 2.24) is 0 Å². The van der Waals surface area contributed by atoms with Gasteiger partial charge in [-0.05, 0) is 42.3 Å². The zero-order chi connectivity index (χ0) is 14.8. The molecule has 0 saturated carbocycles. The van der Waals surface area contributed by atoms with E-state index < -0.39 is 15.8 Å². The summed E-state index contributed by atoms with van der Waals surface area (Å²) in [6.45, 7) is 1.63. The van der Waals surface area contributed by atoms with Gasteiger partial charge in [-0.2, -0.15) is 0 Å². The number of anilines is 1. The van der Waals surface area contributed by atoms with Crippen LogP contribution in [0.25, 0.3) is 0 Å². The predicted octanol–water partition coefficient (Wildman–Crippen LogP) is 3.83. The molecule has 6 heteroatoms. The molecule has 2 rings (SSSR count). The molecule has 0 bridgehead atoms. The van der Waals surface area contributed by atoms with E-state index in [9.17, 15) is 12.8 Å². The van der Waals surface area contributed by atoms with E-state index >= 15 is 0 Å². The summed E-state index contributed by atoms with van der Waals surface area (Å²) in [6, 6.07) is 10.7. The van der Waals surface area contributed by atoms with Crippen LogP contribution >= 0.6 is 15.9 Å². The first-order valence-electron chi connectivity index (χ1n) is 5.86. The number of hydrogen-bond donors (Lipinski definition) is 1. The van der Waals surface area contributed by atoms with Crippen LogP contribution in [0.2, 0.25) is 0 Å². The lowest BCUT2D eigenvalue weighted by Gasteiger charge is -2.10. The number of aryl methyl sites for hydroxylation is 1. The standard InChI is InChI=1S/C14H13BrFNO2S/c1-10-2-5-12(16)8-14(10)20(18,19)17-13-6-3-11(9-15)4-7-13/h2-8,17H,9H2,1H3. The van der Waals surface area contributed by atoms with Crippen LogP contribution in [0.4, 0.5) is 10.1 Å². The number of nitrogens with one attached hydrogen (secondary N) is 1. The third-order valence-electron chi connectivity index (χ3n) is 2.80. The van der Waals surface area contributed by atoms with Gasteiger partial charge in [-0.25, -0.2) is 12.8 Å². The third-order valence-corrected chi connectivity index (χ3v) is 4.97. The van der Waals surface area contributed by atoms with Crippen molar-refractivity contribution in [2.75, 3.05) is 4.72 Å². The molecule has 0 aromatic heterocycles. The Balaban J connectivity index is 2.32. The van der Waals surface area contributed by atoms with Gasteiger partial charge in [-0.3, -0.25) is 4.72 Å². The molecule has 0 heterocycles. The number of hydrogen-bond acceptors (Lipinski definition) is 2. The number of rotatable bonds is 4. The van der Waals surface area contributed by atoms with E-state index in [0.717, 1.165) is 11.6 Å². The van der Waals surface area contributed by atoms with Gasteiger partial charge in [0.1, 0.15) is 5.82 Å². The highest BCUT2D eigenvalue weighted by atomic mass is 79.9. The molecule has 0 aliphatic heterocycles. The van der Waals surface area contributed by atoms with Crippen LogP contribution < -0.4 is 4.72 Å². The van der Waals surface area contributed by atoms with Gasteiger partial charge in [-0.15, -0.1) is 0 Å². The zero-order valence-electron chi connectivity index (χ0n) is 10.7. The van der Waals surface area contributed by atoms with Crippen molar-refractivity contribution in [2.24, 2.45) is 0 Å². The van der Waals surface area contributed by atoms with Crippen molar-refractivity contribution in [1.29, 1.82) is 0 Å². The molecule has 0 atom stereocenters. The lowest BCUT2D eigenvalue weighted by molar-refractivity contribution is 0.594. The molecule has 0 amide bonds.